The summed E-state index contributed by atoms with van der Waals surface area (Å²) in [5.74, 6) is 1.29. The average Bonchev–Trinajstić information content (AvgIpc) is 2.58. The third kappa shape index (κ3) is 2.90. The number of hydrogen-bond acceptors (Lipinski definition) is 3. The topological polar surface area (TPSA) is 50.8 Å². The van der Waals surface area contributed by atoms with Crippen molar-refractivity contribution in [1.82, 2.24) is 10.2 Å². The molecular weight excluding hydrogens is 292 g/mol. The lowest BCUT2D eigenvalue weighted by molar-refractivity contribution is -0.141. The Hall–Kier alpha value is -1.75. The van der Waals surface area contributed by atoms with Crippen LogP contribution in [0.4, 0.5) is 4.79 Å². The van der Waals surface area contributed by atoms with Crippen molar-refractivity contribution in [1.29, 1.82) is 0 Å². The van der Waals surface area contributed by atoms with Gasteiger partial charge < -0.3 is 19.7 Å². The fraction of sp³-hybridized carbons (Fsp3) is 0.611. The van der Waals surface area contributed by atoms with Crippen LogP contribution in [0.2, 0.25) is 0 Å². The van der Waals surface area contributed by atoms with E-state index in [0.29, 0.717) is 25.6 Å². The van der Waals surface area contributed by atoms with E-state index in [1.54, 1.807) is 0 Å². The van der Waals surface area contributed by atoms with Gasteiger partial charge in [0.05, 0.1) is 25.4 Å². The zero-order valence-electron chi connectivity index (χ0n) is 13.4. The van der Waals surface area contributed by atoms with Gasteiger partial charge in [0.15, 0.2) is 0 Å². The van der Waals surface area contributed by atoms with E-state index >= 15 is 0 Å². The highest BCUT2D eigenvalue weighted by Gasteiger charge is 2.43. The predicted octanol–water partition coefficient (Wildman–Crippen LogP) is 2.52. The molecule has 5 heteroatoms. The second-order valence-electron chi connectivity index (χ2n) is 6.86. The largest absolute Gasteiger partial charge is 0.493 e. The van der Waals surface area contributed by atoms with Crippen molar-refractivity contribution in [2.45, 2.75) is 37.2 Å². The molecule has 1 spiro atoms. The van der Waals surface area contributed by atoms with Gasteiger partial charge in [-0.1, -0.05) is 18.2 Å². The fourth-order valence-corrected chi connectivity index (χ4v) is 3.84. The molecule has 1 aliphatic carbocycles. The van der Waals surface area contributed by atoms with Crippen LogP contribution >= 0.6 is 0 Å². The minimum Gasteiger partial charge on any atom is -0.493 e. The molecule has 0 aromatic heterocycles. The molecule has 2 aliphatic heterocycles. The van der Waals surface area contributed by atoms with Crippen LogP contribution in [0, 0.1) is 0 Å². The van der Waals surface area contributed by atoms with E-state index in [4.69, 9.17) is 9.47 Å². The molecule has 4 rings (SSSR count). The molecular formula is C18H24N2O3. The number of ether oxygens (including phenoxy) is 2. The minimum absolute atomic E-state index is 0.0408. The number of nitrogens with one attached hydrogen (secondary N) is 1. The lowest BCUT2D eigenvalue weighted by Crippen LogP contribution is -2.59. The first kappa shape index (κ1) is 14.8. The molecule has 2 heterocycles. The zero-order valence-corrected chi connectivity index (χ0v) is 13.4. The maximum Gasteiger partial charge on any atom is 0.317 e. The van der Waals surface area contributed by atoms with Crippen LogP contribution in [0.5, 0.6) is 5.75 Å². The first-order chi connectivity index (χ1) is 11.3. The molecule has 1 aromatic carbocycles. The summed E-state index contributed by atoms with van der Waals surface area (Å²) in [6.07, 6.45) is 4.34. The number of benzene rings is 1. The molecule has 23 heavy (non-hydrogen) atoms. The summed E-state index contributed by atoms with van der Waals surface area (Å²) in [4.78, 5) is 14.4. The number of fused-ring (bicyclic) bond motifs is 1. The summed E-state index contributed by atoms with van der Waals surface area (Å²) in [7, 11) is 0. The van der Waals surface area contributed by atoms with E-state index in [2.05, 4.69) is 11.4 Å². The summed E-state index contributed by atoms with van der Waals surface area (Å²) in [6.45, 7) is 3.48. The van der Waals surface area contributed by atoms with E-state index in [1.165, 1.54) is 12.0 Å². The summed E-state index contributed by atoms with van der Waals surface area (Å²) < 4.78 is 11.6. The van der Waals surface area contributed by atoms with Gasteiger partial charge in [-0.15, -0.1) is 0 Å². The van der Waals surface area contributed by atoms with Crippen molar-refractivity contribution in [3.63, 3.8) is 0 Å². The van der Waals surface area contributed by atoms with Crippen molar-refractivity contribution in [2.24, 2.45) is 0 Å². The highest BCUT2D eigenvalue weighted by atomic mass is 16.5. The Kier molecular flexibility index (Phi) is 3.89. The van der Waals surface area contributed by atoms with Crippen molar-refractivity contribution >= 4 is 6.03 Å². The molecule has 2 fully saturated rings. The standard InChI is InChI=1S/C18H24N2O3/c21-17(20-9-11-23-18(13-20)7-3-8-18)19-12-14-6-10-22-16-5-2-1-4-15(14)16/h1-2,4-5,14H,3,6-13H2,(H,19,21)/t14-/m1/s1. The molecule has 5 nitrogen and oxygen atoms in total. The van der Waals surface area contributed by atoms with Crippen molar-refractivity contribution in [3.05, 3.63) is 29.8 Å². The summed E-state index contributed by atoms with van der Waals surface area (Å²) >= 11 is 0. The molecule has 1 aromatic rings. The van der Waals surface area contributed by atoms with Crippen molar-refractivity contribution in [2.75, 3.05) is 32.8 Å². The Bertz CT molecular complexity index is 585. The molecule has 1 saturated carbocycles. The summed E-state index contributed by atoms with van der Waals surface area (Å²) in [5.41, 5.74) is 1.16. The number of morpholine rings is 1. The van der Waals surface area contributed by atoms with Crippen molar-refractivity contribution < 1.29 is 14.3 Å². The molecule has 124 valence electrons. The Morgan fingerprint density at radius 2 is 2.17 bits per heavy atom. The molecule has 3 aliphatic rings. The quantitative estimate of drug-likeness (QED) is 0.912. The van der Waals surface area contributed by atoms with Gasteiger partial charge in [0.2, 0.25) is 0 Å². The van der Waals surface area contributed by atoms with Gasteiger partial charge >= 0.3 is 6.03 Å². The van der Waals surface area contributed by atoms with E-state index in [-0.39, 0.29) is 11.6 Å². The number of nitrogens with zero attached hydrogens (tertiary/aromatic N) is 1. The van der Waals surface area contributed by atoms with Crippen LogP contribution < -0.4 is 10.1 Å². The molecule has 0 radical (unpaired) electrons. The zero-order chi connectivity index (χ0) is 15.7. The normalized spacial score (nSPS) is 25.2. The Balaban J connectivity index is 1.35. The van der Waals surface area contributed by atoms with Gasteiger partial charge in [-0.25, -0.2) is 4.79 Å². The number of carbonyl (C=O) groups excluding carboxylic acids is 1. The van der Waals surface area contributed by atoms with Gasteiger partial charge in [-0.2, -0.15) is 0 Å². The monoisotopic (exact) mass is 316 g/mol. The van der Waals surface area contributed by atoms with Crippen LogP contribution in [0.25, 0.3) is 0 Å². The number of urea groups is 1. The van der Waals surface area contributed by atoms with Gasteiger partial charge in [0.25, 0.3) is 0 Å². The molecule has 1 saturated heterocycles. The molecule has 1 N–H and O–H groups in total. The Morgan fingerprint density at radius 1 is 1.30 bits per heavy atom. The maximum absolute atomic E-state index is 12.5. The summed E-state index contributed by atoms with van der Waals surface area (Å²) in [6, 6.07) is 8.18. The molecule has 2 amide bonds. The number of amides is 2. The first-order valence-electron chi connectivity index (χ1n) is 8.64. The van der Waals surface area contributed by atoms with Crippen LogP contribution in [0.1, 0.15) is 37.2 Å². The number of para-hydroxylation sites is 1. The number of carbonyl (C=O) groups is 1. The van der Waals surface area contributed by atoms with Gasteiger partial charge in [-0.3, -0.25) is 0 Å². The van der Waals surface area contributed by atoms with Crippen LogP contribution in [0.15, 0.2) is 24.3 Å². The predicted molar refractivity (Wildman–Crippen MR) is 86.8 cm³/mol. The van der Waals surface area contributed by atoms with E-state index < -0.39 is 0 Å². The summed E-state index contributed by atoms with van der Waals surface area (Å²) in [5, 5.41) is 3.12. The van der Waals surface area contributed by atoms with E-state index in [1.807, 2.05) is 23.1 Å². The molecule has 0 bridgehead atoms. The van der Waals surface area contributed by atoms with Gasteiger partial charge in [0, 0.05) is 19.0 Å². The lowest BCUT2D eigenvalue weighted by atomic mass is 9.79. The average molecular weight is 316 g/mol. The second-order valence-corrected chi connectivity index (χ2v) is 6.86. The fourth-order valence-electron chi connectivity index (χ4n) is 3.84. The highest BCUT2D eigenvalue weighted by Crippen LogP contribution is 2.38. The third-order valence-corrected chi connectivity index (χ3v) is 5.38. The Labute approximate surface area is 136 Å². The van der Waals surface area contributed by atoms with Crippen LogP contribution in [0.3, 0.4) is 0 Å². The van der Waals surface area contributed by atoms with E-state index in [9.17, 15) is 4.79 Å². The van der Waals surface area contributed by atoms with Crippen LogP contribution in [-0.2, 0) is 4.74 Å². The number of hydrogen-bond donors (Lipinski definition) is 1. The third-order valence-electron chi connectivity index (χ3n) is 5.38. The Morgan fingerprint density at radius 3 is 3.00 bits per heavy atom. The second kappa shape index (κ2) is 6.04. The molecule has 0 unspecified atom stereocenters. The SMILES string of the molecule is O=C(NC[C@H]1CCOc2ccccc21)N1CCOC2(CCC2)C1. The minimum atomic E-state index is -0.0408. The van der Waals surface area contributed by atoms with Crippen LogP contribution in [-0.4, -0.2) is 49.4 Å². The smallest absolute Gasteiger partial charge is 0.317 e. The van der Waals surface area contributed by atoms with Gasteiger partial charge in [0.1, 0.15) is 5.75 Å². The first-order valence-corrected chi connectivity index (χ1v) is 8.64. The molecule has 1 atom stereocenters. The maximum atomic E-state index is 12.5. The van der Waals surface area contributed by atoms with Gasteiger partial charge in [-0.05, 0) is 37.3 Å². The highest BCUT2D eigenvalue weighted by molar-refractivity contribution is 5.74. The van der Waals surface area contributed by atoms with E-state index in [0.717, 1.165) is 38.2 Å². The van der Waals surface area contributed by atoms with Crippen molar-refractivity contribution in [3.8, 4) is 5.75 Å². The lowest BCUT2D eigenvalue weighted by Gasteiger charge is -2.48. The number of rotatable bonds is 2.